The van der Waals surface area contributed by atoms with Crippen molar-refractivity contribution in [1.29, 1.82) is 0 Å². The summed E-state index contributed by atoms with van der Waals surface area (Å²) in [4.78, 5) is 24.4. The Labute approximate surface area is 208 Å². The molecule has 1 rings (SSSR count). The smallest absolute Gasteiger partial charge is 0.408 e. The van der Waals surface area contributed by atoms with Crippen LogP contribution in [0.3, 0.4) is 0 Å². The topological polar surface area (TPSA) is 113 Å². The number of carbonyl (C=O) groups excluding carboxylic acids is 2. The summed E-state index contributed by atoms with van der Waals surface area (Å²) in [6, 6.07) is 8.05. The Balaban J connectivity index is 2.77. The van der Waals surface area contributed by atoms with Crippen molar-refractivity contribution in [1.82, 2.24) is 5.32 Å². The van der Waals surface area contributed by atoms with Crippen molar-refractivity contribution in [3.8, 4) is 0 Å². The molecule has 196 valence electrons. The first-order chi connectivity index (χ1) is 16.7. The third-order valence-electron chi connectivity index (χ3n) is 4.79. The van der Waals surface area contributed by atoms with Gasteiger partial charge in [-0.25, -0.2) is 9.59 Å². The van der Waals surface area contributed by atoms with E-state index in [1.165, 1.54) is 7.11 Å². The molecule has 0 spiro atoms. The molecule has 0 heterocycles. The van der Waals surface area contributed by atoms with Gasteiger partial charge in [-0.3, -0.25) is 0 Å². The summed E-state index contributed by atoms with van der Waals surface area (Å²) in [6.07, 6.45) is -2.52. The number of amides is 1. The van der Waals surface area contributed by atoms with Crippen LogP contribution in [0.25, 0.3) is 0 Å². The second-order valence-electron chi connectivity index (χ2n) is 8.33. The molecule has 0 aliphatic rings. The number of hydrogen-bond donors (Lipinski definition) is 2. The Bertz CT molecular complexity index is 798. The summed E-state index contributed by atoms with van der Waals surface area (Å²) in [6.45, 7) is 13.4. The van der Waals surface area contributed by atoms with Crippen molar-refractivity contribution < 1.29 is 38.4 Å². The lowest BCUT2D eigenvalue weighted by Crippen LogP contribution is -2.47. The van der Waals surface area contributed by atoms with Gasteiger partial charge in [0.05, 0.1) is 39.6 Å². The maximum absolute atomic E-state index is 12.2. The molecule has 0 saturated heterocycles. The molecule has 0 aliphatic heterocycles. The standard InChI is InChI=1S/C26H39NO8/c1-7-22(28)24(34-14-19(4)5)23(33-13-18(2)3)17-32-16-21(25(29)31-6)27-26(30)35-15-20-11-9-8-10-12-20/h8-12,21-24,28H,2,4,7,13-17H2,1,3,5-6H3,(H,27,30)/t21-,22+,23-,24-/m0/s1. The van der Waals surface area contributed by atoms with Crippen LogP contribution in [0.5, 0.6) is 0 Å². The molecule has 0 saturated carbocycles. The predicted molar refractivity (Wildman–Crippen MR) is 132 cm³/mol. The third-order valence-corrected chi connectivity index (χ3v) is 4.79. The molecular formula is C26H39NO8. The molecule has 9 nitrogen and oxygen atoms in total. The zero-order chi connectivity index (χ0) is 26.2. The third kappa shape index (κ3) is 12.5. The molecule has 1 amide bonds. The second-order valence-corrected chi connectivity index (χ2v) is 8.33. The van der Waals surface area contributed by atoms with Crippen molar-refractivity contribution in [3.63, 3.8) is 0 Å². The number of aliphatic hydroxyl groups is 1. The van der Waals surface area contributed by atoms with E-state index in [0.717, 1.165) is 16.7 Å². The van der Waals surface area contributed by atoms with Gasteiger partial charge in [-0.2, -0.15) is 0 Å². The van der Waals surface area contributed by atoms with E-state index in [-0.39, 0.29) is 33.0 Å². The van der Waals surface area contributed by atoms with Gasteiger partial charge in [-0.15, -0.1) is 0 Å². The molecule has 35 heavy (non-hydrogen) atoms. The highest BCUT2D eigenvalue weighted by Crippen LogP contribution is 2.15. The first kappa shape index (κ1) is 30.3. The van der Waals surface area contributed by atoms with Gasteiger partial charge < -0.3 is 34.1 Å². The molecule has 0 fully saturated rings. The molecule has 1 aromatic rings. The van der Waals surface area contributed by atoms with Crippen LogP contribution in [0.2, 0.25) is 0 Å². The Morgan fingerprint density at radius 3 is 2.23 bits per heavy atom. The van der Waals surface area contributed by atoms with Gasteiger partial charge in [0, 0.05) is 0 Å². The van der Waals surface area contributed by atoms with Crippen LogP contribution in [-0.2, 0) is 35.1 Å². The first-order valence-corrected chi connectivity index (χ1v) is 11.5. The van der Waals surface area contributed by atoms with E-state index in [0.29, 0.717) is 6.42 Å². The minimum absolute atomic E-state index is 0.0145. The summed E-state index contributed by atoms with van der Waals surface area (Å²) >= 11 is 0. The predicted octanol–water partition coefficient (Wildman–Crippen LogP) is 3.16. The lowest BCUT2D eigenvalue weighted by molar-refractivity contribution is -0.149. The summed E-state index contributed by atoms with van der Waals surface area (Å²) in [5, 5.41) is 13.0. The zero-order valence-electron chi connectivity index (χ0n) is 21.2. The summed E-state index contributed by atoms with van der Waals surface area (Å²) in [5.41, 5.74) is 2.39. The Kier molecular flexibility index (Phi) is 14.6. The first-order valence-electron chi connectivity index (χ1n) is 11.5. The Morgan fingerprint density at radius 1 is 1.03 bits per heavy atom. The van der Waals surface area contributed by atoms with Gasteiger partial charge >= 0.3 is 12.1 Å². The molecule has 0 aromatic heterocycles. The molecule has 9 heteroatoms. The average Bonchev–Trinajstić information content (AvgIpc) is 2.84. The molecular weight excluding hydrogens is 454 g/mol. The fourth-order valence-corrected chi connectivity index (χ4v) is 2.94. The molecule has 4 atom stereocenters. The molecule has 0 radical (unpaired) electrons. The number of carbonyl (C=O) groups is 2. The fourth-order valence-electron chi connectivity index (χ4n) is 2.94. The number of aliphatic hydroxyl groups excluding tert-OH is 1. The fraction of sp³-hybridized carbons (Fsp3) is 0.538. The number of esters is 1. The van der Waals surface area contributed by atoms with Crippen LogP contribution in [-0.4, -0.2) is 75.1 Å². The van der Waals surface area contributed by atoms with Crippen LogP contribution in [0.4, 0.5) is 4.79 Å². The van der Waals surface area contributed by atoms with Crippen LogP contribution >= 0.6 is 0 Å². The van der Waals surface area contributed by atoms with Gasteiger partial charge in [0.1, 0.15) is 18.8 Å². The van der Waals surface area contributed by atoms with Gasteiger partial charge in [-0.05, 0) is 25.8 Å². The van der Waals surface area contributed by atoms with E-state index in [1.807, 2.05) is 51.1 Å². The van der Waals surface area contributed by atoms with Crippen LogP contribution in [0.15, 0.2) is 54.6 Å². The van der Waals surface area contributed by atoms with Crippen LogP contribution in [0.1, 0.15) is 32.8 Å². The van der Waals surface area contributed by atoms with Gasteiger partial charge in [0.25, 0.3) is 0 Å². The van der Waals surface area contributed by atoms with Crippen molar-refractivity contribution in [2.24, 2.45) is 0 Å². The zero-order valence-corrected chi connectivity index (χ0v) is 21.2. The monoisotopic (exact) mass is 493 g/mol. The number of nitrogens with one attached hydrogen (secondary N) is 1. The number of ether oxygens (including phenoxy) is 5. The number of alkyl carbamates (subject to hydrolysis) is 1. The molecule has 0 bridgehead atoms. The average molecular weight is 494 g/mol. The van der Waals surface area contributed by atoms with E-state index >= 15 is 0 Å². The maximum Gasteiger partial charge on any atom is 0.408 e. The van der Waals surface area contributed by atoms with Crippen LogP contribution in [0, 0.1) is 0 Å². The van der Waals surface area contributed by atoms with E-state index in [4.69, 9.17) is 23.7 Å². The highest BCUT2D eigenvalue weighted by molar-refractivity contribution is 5.81. The minimum Gasteiger partial charge on any atom is -0.467 e. The van der Waals surface area contributed by atoms with Crippen molar-refractivity contribution in [2.45, 2.75) is 58.2 Å². The molecule has 1 aromatic carbocycles. The lowest BCUT2D eigenvalue weighted by atomic mass is 10.1. The van der Waals surface area contributed by atoms with Crippen molar-refractivity contribution >= 4 is 12.1 Å². The second kappa shape index (κ2) is 16.8. The van der Waals surface area contributed by atoms with E-state index in [1.54, 1.807) is 0 Å². The van der Waals surface area contributed by atoms with E-state index in [9.17, 15) is 14.7 Å². The number of rotatable bonds is 17. The molecule has 0 unspecified atom stereocenters. The molecule has 2 N–H and O–H groups in total. The molecule has 0 aliphatic carbocycles. The Morgan fingerprint density at radius 2 is 1.66 bits per heavy atom. The SMILES string of the molecule is C=C(C)CO[C@@H]([C@H](O)CC)[C@H](COC[C@H](NC(=O)OCc1ccccc1)C(=O)OC)OCC(=C)C. The summed E-state index contributed by atoms with van der Waals surface area (Å²) in [5.74, 6) is -0.690. The Hall–Kier alpha value is -2.72. The van der Waals surface area contributed by atoms with Crippen molar-refractivity contribution in [2.75, 3.05) is 33.5 Å². The van der Waals surface area contributed by atoms with E-state index < -0.39 is 36.4 Å². The summed E-state index contributed by atoms with van der Waals surface area (Å²) < 4.78 is 27.4. The largest absolute Gasteiger partial charge is 0.467 e. The quantitative estimate of drug-likeness (QED) is 0.251. The number of methoxy groups -OCH3 is 1. The van der Waals surface area contributed by atoms with Gasteiger partial charge in [-0.1, -0.05) is 61.6 Å². The van der Waals surface area contributed by atoms with Gasteiger partial charge in [0.2, 0.25) is 0 Å². The van der Waals surface area contributed by atoms with Gasteiger partial charge in [0.15, 0.2) is 6.04 Å². The highest BCUT2D eigenvalue weighted by Gasteiger charge is 2.31. The van der Waals surface area contributed by atoms with E-state index in [2.05, 4.69) is 18.5 Å². The normalized spacial score (nSPS) is 14.3. The minimum atomic E-state index is -1.10. The highest BCUT2D eigenvalue weighted by atomic mass is 16.6. The lowest BCUT2D eigenvalue weighted by Gasteiger charge is -2.31. The maximum atomic E-state index is 12.2. The van der Waals surface area contributed by atoms with Crippen LogP contribution < -0.4 is 5.32 Å². The number of benzene rings is 1. The number of hydrogen-bond acceptors (Lipinski definition) is 8. The van der Waals surface area contributed by atoms with Crippen molar-refractivity contribution in [3.05, 3.63) is 60.2 Å². The summed E-state index contributed by atoms with van der Waals surface area (Å²) in [7, 11) is 1.21.